The summed E-state index contributed by atoms with van der Waals surface area (Å²) in [4.78, 5) is 15.9. The van der Waals surface area contributed by atoms with E-state index in [1.807, 2.05) is 12.1 Å². The lowest BCUT2D eigenvalue weighted by molar-refractivity contribution is 0.0968. The van der Waals surface area contributed by atoms with Crippen molar-refractivity contribution in [3.05, 3.63) is 35.7 Å². The number of amides is 1. The van der Waals surface area contributed by atoms with Crippen LogP contribution in [0.1, 0.15) is 56.2 Å². The Morgan fingerprint density at radius 3 is 2.37 bits per heavy atom. The average molecular weight is 372 g/mol. The van der Waals surface area contributed by atoms with E-state index in [4.69, 9.17) is 16.2 Å². The van der Waals surface area contributed by atoms with Crippen molar-refractivity contribution in [2.75, 3.05) is 24.3 Å². The van der Waals surface area contributed by atoms with Crippen LogP contribution in [0.4, 0.5) is 17.3 Å². The molecule has 3 rings (SSSR count). The van der Waals surface area contributed by atoms with Crippen molar-refractivity contribution in [2.24, 2.45) is 5.73 Å². The van der Waals surface area contributed by atoms with Crippen LogP contribution in [0.5, 0.6) is 0 Å². The molecule has 1 aliphatic heterocycles. The van der Waals surface area contributed by atoms with E-state index in [-0.39, 0.29) is 16.9 Å². The Balaban J connectivity index is 0.000000369. The van der Waals surface area contributed by atoms with Gasteiger partial charge in [0, 0.05) is 30.4 Å². The van der Waals surface area contributed by atoms with Gasteiger partial charge >= 0.3 is 0 Å². The Hall–Kier alpha value is -2.74. The molecule has 2 aromatic rings. The van der Waals surface area contributed by atoms with Gasteiger partial charge in [0.2, 0.25) is 0 Å². The topological polar surface area (TPSA) is 129 Å². The fourth-order valence-electron chi connectivity index (χ4n) is 2.43. The van der Waals surface area contributed by atoms with Crippen molar-refractivity contribution in [2.45, 2.75) is 45.4 Å². The van der Waals surface area contributed by atoms with Gasteiger partial charge in [-0.05, 0) is 31.4 Å². The summed E-state index contributed by atoms with van der Waals surface area (Å²) >= 11 is 0. The van der Waals surface area contributed by atoms with Crippen LogP contribution in [0.15, 0.2) is 24.3 Å². The summed E-state index contributed by atoms with van der Waals surface area (Å²) in [5.74, 6) is 0.0868. The highest BCUT2D eigenvalue weighted by Gasteiger charge is 2.17. The molecule has 0 saturated carbocycles. The largest absolute Gasteiger partial charge is 0.382 e. The van der Waals surface area contributed by atoms with Gasteiger partial charge in [0.15, 0.2) is 5.69 Å². The van der Waals surface area contributed by atoms with Gasteiger partial charge in [0.1, 0.15) is 11.6 Å². The zero-order valence-electron chi connectivity index (χ0n) is 16.2. The SMILES string of the molecule is C1CCOCC1.CC(C)(C)c1cccc(Nc2cc(N)nnc2C(N)=O)n1. The van der Waals surface area contributed by atoms with Gasteiger partial charge in [0.25, 0.3) is 5.91 Å². The van der Waals surface area contributed by atoms with Crippen LogP contribution in [0.3, 0.4) is 0 Å². The number of aromatic nitrogens is 3. The van der Waals surface area contributed by atoms with Gasteiger partial charge in [-0.2, -0.15) is 0 Å². The summed E-state index contributed by atoms with van der Waals surface area (Å²) in [6, 6.07) is 7.12. The molecule has 0 radical (unpaired) electrons. The molecular weight excluding hydrogens is 344 g/mol. The van der Waals surface area contributed by atoms with E-state index in [1.165, 1.54) is 25.3 Å². The molecule has 27 heavy (non-hydrogen) atoms. The molecule has 5 N–H and O–H groups in total. The second-order valence-corrected chi connectivity index (χ2v) is 7.35. The summed E-state index contributed by atoms with van der Waals surface area (Å²) < 4.78 is 5.07. The minimum atomic E-state index is -0.683. The van der Waals surface area contributed by atoms with Crippen LogP contribution in [0, 0.1) is 0 Å². The van der Waals surface area contributed by atoms with Crippen molar-refractivity contribution in [1.82, 2.24) is 15.2 Å². The first kappa shape index (κ1) is 20.6. The Morgan fingerprint density at radius 2 is 1.85 bits per heavy atom. The second kappa shape index (κ2) is 9.27. The number of carbonyl (C=O) groups is 1. The molecule has 2 aromatic heterocycles. The first-order chi connectivity index (χ1) is 12.8. The molecule has 146 valence electrons. The maximum atomic E-state index is 11.4. The second-order valence-electron chi connectivity index (χ2n) is 7.35. The van der Waals surface area contributed by atoms with Crippen LogP contribution >= 0.6 is 0 Å². The van der Waals surface area contributed by atoms with Gasteiger partial charge in [-0.15, -0.1) is 10.2 Å². The standard InChI is InChI=1S/C14H18N6O.C5H10O/c1-14(2,3)9-5-4-6-11(18-9)17-8-7-10(15)19-20-12(8)13(16)21;1-2-4-6-5-3-1/h4-7H,1-3H3,(H2,16,21)(H3,15,17,18,19);1-5H2. The number of hydrogen-bond donors (Lipinski definition) is 3. The van der Waals surface area contributed by atoms with E-state index < -0.39 is 5.91 Å². The molecule has 1 fully saturated rings. The predicted octanol–water partition coefficient (Wildman–Crippen LogP) is 2.78. The van der Waals surface area contributed by atoms with E-state index in [1.54, 1.807) is 6.07 Å². The number of nitrogens with two attached hydrogens (primary N) is 2. The third kappa shape index (κ3) is 6.49. The zero-order valence-corrected chi connectivity index (χ0v) is 16.2. The lowest BCUT2D eigenvalue weighted by Crippen LogP contribution is -2.18. The number of nitrogens with one attached hydrogen (secondary N) is 1. The average Bonchev–Trinajstić information content (AvgIpc) is 2.63. The first-order valence-corrected chi connectivity index (χ1v) is 9.02. The summed E-state index contributed by atoms with van der Waals surface area (Å²) in [6.45, 7) is 8.21. The number of hydrogen-bond acceptors (Lipinski definition) is 7. The maximum absolute atomic E-state index is 11.4. The maximum Gasteiger partial charge on any atom is 0.271 e. The Kier molecular flexibility index (Phi) is 7.06. The molecule has 8 heteroatoms. The third-order valence-electron chi connectivity index (χ3n) is 3.90. The van der Waals surface area contributed by atoms with E-state index >= 15 is 0 Å². The Labute approximate surface area is 159 Å². The zero-order chi connectivity index (χ0) is 19.9. The van der Waals surface area contributed by atoms with Crippen LogP contribution < -0.4 is 16.8 Å². The van der Waals surface area contributed by atoms with Crippen molar-refractivity contribution in [3.63, 3.8) is 0 Å². The molecule has 0 aliphatic carbocycles. The van der Waals surface area contributed by atoms with Gasteiger partial charge in [-0.1, -0.05) is 26.8 Å². The number of ether oxygens (including phenoxy) is 1. The van der Waals surface area contributed by atoms with E-state index in [0.717, 1.165) is 18.9 Å². The normalized spacial score (nSPS) is 14.0. The molecule has 1 aliphatic rings. The summed E-state index contributed by atoms with van der Waals surface area (Å²) in [5, 5.41) is 10.3. The van der Waals surface area contributed by atoms with Crippen LogP contribution in [-0.4, -0.2) is 34.3 Å². The summed E-state index contributed by atoms with van der Waals surface area (Å²) in [5.41, 5.74) is 12.1. The quantitative estimate of drug-likeness (QED) is 0.755. The monoisotopic (exact) mass is 372 g/mol. The molecule has 1 saturated heterocycles. The van der Waals surface area contributed by atoms with Crippen LogP contribution in [-0.2, 0) is 10.2 Å². The molecule has 8 nitrogen and oxygen atoms in total. The fourth-order valence-corrected chi connectivity index (χ4v) is 2.43. The molecular formula is C19H28N6O2. The highest BCUT2D eigenvalue weighted by molar-refractivity contribution is 5.97. The minimum Gasteiger partial charge on any atom is -0.382 e. The molecule has 0 spiro atoms. The van der Waals surface area contributed by atoms with E-state index in [9.17, 15) is 4.79 Å². The number of anilines is 3. The van der Waals surface area contributed by atoms with Crippen LogP contribution in [0.25, 0.3) is 0 Å². The summed E-state index contributed by atoms with van der Waals surface area (Å²) in [6.07, 6.45) is 3.93. The van der Waals surface area contributed by atoms with Gasteiger partial charge in [-0.3, -0.25) is 4.79 Å². The van der Waals surface area contributed by atoms with Crippen molar-refractivity contribution in [3.8, 4) is 0 Å². The number of primary amides is 1. The van der Waals surface area contributed by atoms with Crippen LogP contribution in [0.2, 0.25) is 0 Å². The third-order valence-corrected chi connectivity index (χ3v) is 3.90. The molecule has 3 heterocycles. The highest BCUT2D eigenvalue weighted by atomic mass is 16.5. The minimum absolute atomic E-state index is 0.0205. The van der Waals surface area contributed by atoms with Gasteiger partial charge in [0.05, 0.1) is 5.69 Å². The van der Waals surface area contributed by atoms with Crippen molar-refractivity contribution < 1.29 is 9.53 Å². The van der Waals surface area contributed by atoms with Gasteiger partial charge < -0.3 is 21.5 Å². The number of carbonyl (C=O) groups excluding carboxylic acids is 1. The molecule has 0 aromatic carbocycles. The predicted molar refractivity (Wildman–Crippen MR) is 106 cm³/mol. The Bertz CT molecular complexity index is 758. The lowest BCUT2D eigenvalue weighted by Gasteiger charge is -2.18. The number of pyridine rings is 1. The molecule has 0 bridgehead atoms. The number of nitrogens with zero attached hydrogens (tertiary/aromatic N) is 3. The highest BCUT2D eigenvalue weighted by Crippen LogP contribution is 2.24. The van der Waals surface area contributed by atoms with Gasteiger partial charge in [-0.25, -0.2) is 4.98 Å². The fraction of sp³-hybridized carbons (Fsp3) is 0.474. The summed E-state index contributed by atoms with van der Waals surface area (Å²) in [7, 11) is 0. The van der Waals surface area contributed by atoms with Crippen molar-refractivity contribution in [1.29, 1.82) is 0 Å². The molecule has 0 unspecified atom stereocenters. The van der Waals surface area contributed by atoms with Crippen molar-refractivity contribution >= 4 is 23.2 Å². The Morgan fingerprint density at radius 1 is 1.15 bits per heavy atom. The molecule has 1 amide bonds. The first-order valence-electron chi connectivity index (χ1n) is 9.02. The smallest absolute Gasteiger partial charge is 0.271 e. The number of rotatable bonds is 3. The number of nitrogen functional groups attached to an aromatic ring is 1. The van der Waals surface area contributed by atoms with E-state index in [0.29, 0.717) is 11.5 Å². The van der Waals surface area contributed by atoms with E-state index in [2.05, 4.69) is 41.3 Å². The molecule has 0 atom stereocenters. The lowest BCUT2D eigenvalue weighted by atomic mass is 9.92.